The zero-order valence-corrected chi connectivity index (χ0v) is 9.80. The molecule has 0 saturated carbocycles. The smallest absolute Gasteiger partial charge is 0.115 e. The third-order valence-corrected chi connectivity index (χ3v) is 2.81. The van der Waals surface area contributed by atoms with Crippen LogP contribution in [0.4, 0.5) is 0 Å². The van der Waals surface area contributed by atoms with E-state index >= 15 is 0 Å². The van der Waals surface area contributed by atoms with E-state index in [1.807, 2.05) is 31.4 Å². The van der Waals surface area contributed by atoms with Gasteiger partial charge in [-0.25, -0.2) is 0 Å². The molecule has 1 unspecified atom stereocenters. The number of aromatic nitrogens is 1. The number of phenols is 1. The van der Waals surface area contributed by atoms with Gasteiger partial charge < -0.3 is 10.4 Å². The van der Waals surface area contributed by atoms with Crippen LogP contribution in [0.15, 0.2) is 48.8 Å². The number of aromatic hydroxyl groups is 1. The van der Waals surface area contributed by atoms with Crippen molar-refractivity contribution in [1.82, 2.24) is 10.3 Å². The maximum Gasteiger partial charge on any atom is 0.115 e. The van der Waals surface area contributed by atoms with Crippen LogP contribution in [0.1, 0.15) is 17.2 Å². The Labute approximate surface area is 101 Å². The SMILES string of the molecule is CNC(Cc1ccc(O)cc1)c1cccnc1. The van der Waals surface area contributed by atoms with Gasteiger partial charge in [-0.2, -0.15) is 0 Å². The van der Waals surface area contributed by atoms with E-state index in [2.05, 4.69) is 16.4 Å². The van der Waals surface area contributed by atoms with Gasteiger partial charge in [0.05, 0.1) is 0 Å². The topological polar surface area (TPSA) is 45.1 Å². The maximum absolute atomic E-state index is 9.24. The standard InChI is InChI=1S/C14H16N2O/c1-15-14(12-3-2-8-16-10-12)9-11-4-6-13(17)7-5-11/h2-8,10,14-15,17H,9H2,1H3. The predicted octanol–water partition coefficient (Wildman–Crippen LogP) is 2.29. The zero-order valence-electron chi connectivity index (χ0n) is 9.80. The first-order valence-electron chi connectivity index (χ1n) is 5.64. The fourth-order valence-corrected chi connectivity index (χ4v) is 1.84. The van der Waals surface area contributed by atoms with Crippen molar-refractivity contribution in [2.24, 2.45) is 0 Å². The summed E-state index contributed by atoms with van der Waals surface area (Å²) in [4.78, 5) is 4.13. The van der Waals surface area contributed by atoms with Gasteiger partial charge in [-0.3, -0.25) is 4.98 Å². The Morgan fingerprint density at radius 2 is 2.00 bits per heavy atom. The average Bonchev–Trinajstić information content (AvgIpc) is 2.39. The van der Waals surface area contributed by atoms with Crippen LogP contribution in [0, 0.1) is 0 Å². The molecule has 1 aromatic heterocycles. The van der Waals surface area contributed by atoms with Crippen LogP contribution in [0.25, 0.3) is 0 Å². The summed E-state index contributed by atoms with van der Waals surface area (Å²) in [5.41, 5.74) is 2.36. The van der Waals surface area contributed by atoms with Crippen LogP contribution in [0.5, 0.6) is 5.75 Å². The highest BCUT2D eigenvalue weighted by Gasteiger charge is 2.09. The molecule has 2 aromatic rings. The van der Waals surface area contributed by atoms with Crippen molar-refractivity contribution < 1.29 is 5.11 Å². The predicted molar refractivity (Wildman–Crippen MR) is 67.8 cm³/mol. The van der Waals surface area contributed by atoms with E-state index in [0.717, 1.165) is 6.42 Å². The van der Waals surface area contributed by atoms with Gasteiger partial charge in [0.2, 0.25) is 0 Å². The molecular formula is C14H16N2O. The Hall–Kier alpha value is -1.87. The van der Waals surface area contributed by atoms with Gasteiger partial charge in [-0.1, -0.05) is 18.2 Å². The highest BCUT2D eigenvalue weighted by Crippen LogP contribution is 2.18. The lowest BCUT2D eigenvalue weighted by molar-refractivity contribution is 0.475. The fraction of sp³-hybridized carbons (Fsp3) is 0.214. The number of likely N-dealkylation sites (N-methyl/N-ethyl adjacent to an activating group) is 1. The molecule has 1 atom stereocenters. The first kappa shape index (κ1) is 11.6. The van der Waals surface area contributed by atoms with Crippen LogP contribution >= 0.6 is 0 Å². The lowest BCUT2D eigenvalue weighted by atomic mass is 10.0. The quantitative estimate of drug-likeness (QED) is 0.844. The second-order valence-electron chi connectivity index (χ2n) is 4.00. The highest BCUT2D eigenvalue weighted by atomic mass is 16.3. The van der Waals surface area contributed by atoms with Gasteiger partial charge in [-0.05, 0) is 42.8 Å². The van der Waals surface area contributed by atoms with Crippen molar-refractivity contribution in [1.29, 1.82) is 0 Å². The Bertz CT molecular complexity index is 453. The number of phenolic OH excluding ortho intramolecular Hbond substituents is 1. The molecule has 17 heavy (non-hydrogen) atoms. The van der Waals surface area contributed by atoms with Crippen molar-refractivity contribution in [3.63, 3.8) is 0 Å². The van der Waals surface area contributed by atoms with E-state index in [1.54, 1.807) is 18.3 Å². The summed E-state index contributed by atoms with van der Waals surface area (Å²) >= 11 is 0. The molecule has 3 nitrogen and oxygen atoms in total. The zero-order chi connectivity index (χ0) is 12.1. The highest BCUT2D eigenvalue weighted by molar-refractivity contribution is 5.28. The summed E-state index contributed by atoms with van der Waals surface area (Å²) in [7, 11) is 1.94. The lowest BCUT2D eigenvalue weighted by Gasteiger charge is -2.16. The number of benzene rings is 1. The van der Waals surface area contributed by atoms with Gasteiger partial charge in [0, 0.05) is 18.4 Å². The molecule has 1 aromatic carbocycles. The Morgan fingerprint density at radius 3 is 2.59 bits per heavy atom. The minimum atomic E-state index is 0.244. The van der Waals surface area contributed by atoms with Crippen molar-refractivity contribution >= 4 is 0 Å². The molecule has 2 rings (SSSR count). The molecular weight excluding hydrogens is 212 g/mol. The summed E-state index contributed by atoms with van der Waals surface area (Å²) in [5.74, 6) is 0.302. The molecule has 0 aliphatic rings. The van der Waals surface area contributed by atoms with Crippen LogP contribution in [-0.4, -0.2) is 17.1 Å². The summed E-state index contributed by atoms with van der Waals surface area (Å²) in [6.07, 6.45) is 4.53. The normalized spacial score (nSPS) is 12.3. The molecule has 0 amide bonds. The minimum Gasteiger partial charge on any atom is -0.508 e. The van der Waals surface area contributed by atoms with E-state index in [1.165, 1.54) is 11.1 Å². The average molecular weight is 228 g/mol. The summed E-state index contributed by atoms with van der Waals surface area (Å²) in [5, 5.41) is 12.5. The monoisotopic (exact) mass is 228 g/mol. The number of hydrogen-bond acceptors (Lipinski definition) is 3. The largest absolute Gasteiger partial charge is 0.508 e. The fourth-order valence-electron chi connectivity index (χ4n) is 1.84. The van der Waals surface area contributed by atoms with E-state index in [9.17, 15) is 5.11 Å². The van der Waals surface area contributed by atoms with Crippen molar-refractivity contribution in [3.05, 3.63) is 59.9 Å². The molecule has 0 spiro atoms. The van der Waals surface area contributed by atoms with Gasteiger partial charge in [-0.15, -0.1) is 0 Å². The molecule has 0 aliphatic carbocycles. The molecule has 3 heteroatoms. The van der Waals surface area contributed by atoms with Gasteiger partial charge >= 0.3 is 0 Å². The number of pyridine rings is 1. The van der Waals surface area contributed by atoms with E-state index in [-0.39, 0.29) is 6.04 Å². The number of nitrogens with zero attached hydrogens (tertiary/aromatic N) is 1. The minimum absolute atomic E-state index is 0.244. The third-order valence-electron chi connectivity index (χ3n) is 2.81. The van der Waals surface area contributed by atoms with Crippen LogP contribution in [-0.2, 0) is 6.42 Å². The van der Waals surface area contributed by atoms with Crippen molar-refractivity contribution in [2.75, 3.05) is 7.05 Å². The number of hydrogen-bond donors (Lipinski definition) is 2. The molecule has 0 radical (unpaired) electrons. The molecule has 0 saturated heterocycles. The number of rotatable bonds is 4. The second-order valence-corrected chi connectivity index (χ2v) is 4.00. The summed E-state index contributed by atoms with van der Waals surface area (Å²) < 4.78 is 0. The van der Waals surface area contributed by atoms with Crippen LogP contribution in [0.2, 0.25) is 0 Å². The molecule has 2 N–H and O–H groups in total. The van der Waals surface area contributed by atoms with E-state index in [0.29, 0.717) is 5.75 Å². The van der Waals surface area contributed by atoms with Gasteiger partial charge in [0.1, 0.15) is 5.75 Å². The van der Waals surface area contributed by atoms with Crippen LogP contribution < -0.4 is 5.32 Å². The molecule has 0 fully saturated rings. The summed E-state index contributed by atoms with van der Waals surface area (Å²) in [6, 6.07) is 11.6. The van der Waals surface area contributed by atoms with Crippen molar-refractivity contribution in [3.8, 4) is 5.75 Å². The van der Waals surface area contributed by atoms with Gasteiger partial charge in [0.25, 0.3) is 0 Å². The molecule has 0 bridgehead atoms. The van der Waals surface area contributed by atoms with E-state index < -0.39 is 0 Å². The van der Waals surface area contributed by atoms with Crippen LogP contribution in [0.3, 0.4) is 0 Å². The second kappa shape index (κ2) is 5.46. The first-order valence-corrected chi connectivity index (χ1v) is 5.64. The maximum atomic E-state index is 9.24. The first-order chi connectivity index (χ1) is 8.29. The Morgan fingerprint density at radius 1 is 1.24 bits per heavy atom. The van der Waals surface area contributed by atoms with Gasteiger partial charge in [0.15, 0.2) is 0 Å². The number of nitrogens with one attached hydrogen (secondary N) is 1. The lowest BCUT2D eigenvalue weighted by Crippen LogP contribution is -2.18. The van der Waals surface area contributed by atoms with E-state index in [4.69, 9.17) is 0 Å². The van der Waals surface area contributed by atoms with Crippen molar-refractivity contribution in [2.45, 2.75) is 12.5 Å². The summed E-state index contributed by atoms with van der Waals surface area (Å²) in [6.45, 7) is 0. The third kappa shape index (κ3) is 3.04. The Balaban J connectivity index is 2.13. The molecule has 1 heterocycles. The molecule has 88 valence electrons. The Kier molecular flexibility index (Phi) is 3.73. The molecule has 0 aliphatic heterocycles.